The molecule has 5 heteroatoms. The minimum atomic E-state index is -0.422. The van der Waals surface area contributed by atoms with Gasteiger partial charge in [-0.25, -0.2) is 0 Å². The molecule has 0 aliphatic carbocycles. The zero-order valence-electron chi connectivity index (χ0n) is 14.8. The SMILES string of the molecule is CCOC(=O)C(C)(C)CCCCCOc1ccc(C(=O)CBr)cc1. The van der Waals surface area contributed by atoms with Crippen LogP contribution in [0.3, 0.4) is 0 Å². The number of Topliss-reactive ketones (excluding diaryl/α,β-unsaturated/α-hetero) is 1. The third kappa shape index (κ3) is 7.04. The van der Waals surface area contributed by atoms with E-state index in [4.69, 9.17) is 9.47 Å². The van der Waals surface area contributed by atoms with E-state index in [-0.39, 0.29) is 11.8 Å². The number of ether oxygens (including phenoxy) is 2. The second kappa shape index (κ2) is 10.5. The van der Waals surface area contributed by atoms with Crippen LogP contribution >= 0.6 is 15.9 Å². The molecule has 0 saturated heterocycles. The summed E-state index contributed by atoms with van der Waals surface area (Å²) in [5.41, 5.74) is 0.259. The predicted octanol–water partition coefficient (Wildman–Crippen LogP) is 4.79. The average Bonchev–Trinajstić information content (AvgIpc) is 2.58. The van der Waals surface area contributed by atoms with E-state index in [2.05, 4.69) is 15.9 Å². The van der Waals surface area contributed by atoms with Gasteiger partial charge in [-0.3, -0.25) is 9.59 Å². The maximum atomic E-state index is 11.8. The number of esters is 1. The number of halogens is 1. The Morgan fingerprint density at radius 2 is 1.75 bits per heavy atom. The summed E-state index contributed by atoms with van der Waals surface area (Å²) < 4.78 is 10.8. The quantitative estimate of drug-likeness (QED) is 0.232. The molecule has 0 saturated carbocycles. The second-order valence-electron chi connectivity index (χ2n) is 6.34. The van der Waals surface area contributed by atoms with Crippen LogP contribution in [0.4, 0.5) is 0 Å². The lowest BCUT2D eigenvalue weighted by molar-refractivity contribution is -0.153. The number of rotatable bonds is 11. The normalized spacial score (nSPS) is 11.2. The molecule has 0 aliphatic rings. The third-order valence-corrected chi connectivity index (χ3v) is 4.35. The number of hydrogen-bond acceptors (Lipinski definition) is 4. The molecular formula is C19H27BrO4. The van der Waals surface area contributed by atoms with Crippen molar-refractivity contribution in [3.63, 3.8) is 0 Å². The Labute approximate surface area is 153 Å². The Bertz CT molecular complexity index is 523. The summed E-state index contributed by atoms with van der Waals surface area (Å²) in [6.07, 6.45) is 3.72. The van der Waals surface area contributed by atoms with Crippen LogP contribution in [0.5, 0.6) is 5.75 Å². The lowest BCUT2D eigenvalue weighted by atomic mass is 9.87. The highest BCUT2D eigenvalue weighted by Gasteiger charge is 2.28. The van der Waals surface area contributed by atoms with Gasteiger partial charge in [0, 0.05) is 5.56 Å². The van der Waals surface area contributed by atoms with Crippen LogP contribution in [0.15, 0.2) is 24.3 Å². The van der Waals surface area contributed by atoms with Crippen molar-refractivity contribution in [1.29, 1.82) is 0 Å². The summed E-state index contributed by atoms with van der Waals surface area (Å²) in [6.45, 7) is 6.74. The summed E-state index contributed by atoms with van der Waals surface area (Å²) in [7, 11) is 0. The first-order valence-corrected chi connectivity index (χ1v) is 9.52. The van der Waals surface area contributed by atoms with Crippen LogP contribution in [0.2, 0.25) is 0 Å². The van der Waals surface area contributed by atoms with E-state index >= 15 is 0 Å². The van der Waals surface area contributed by atoms with Gasteiger partial charge in [-0.2, -0.15) is 0 Å². The van der Waals surface area contributed by atoms with E-state index in [9.17, 15) is 9.59 Å². The van der Waals surface area contributed by atoms with E-state index < -0.39 is 5.41 Å². The Hall–Kier alpha value is -1.36. The van der Waals surface area contributed by atoms with E-state index in [1.165, 1.54) is 0 Å². The third-order valence-electron chi connectivity index (χ3n) is 3.84. The van der Waals surface area contributed by atoms with Crippen molar-refractivity contribution in [2.24, 2.45) is 5.41 Å². The molecule has 0 amide bonds. The van der Waals surface area contributed by atoms with Crippen molar-refractivity contribution in [1.82, 2.24) is 0 Å². The Balaban J connectivity index is 2.22. The van der Waals surface area contributed by atoms with Gasteiger partial charge < -0.3 is 9.47 Å². The molecule has 0 atom stereocenters. The summed E-state index contributed by atoms with van der Waals surface area (Å²) in [5, 5.41) is 0.329. The Kier molecular flexibility index (Phi) is 9.04. The highest BCUT2D eigenvalue weighted by Crippen LogP contribution is 2.25. The number of hydrogen-bond donors (Lipinski definition) is 0. The Morgan fingerprint density at radius 3 is 2.33 bits per heavy atom. The molecule has 24 heavy (non-hydrogen) atoms. The molecule has 0 aliphatic heterocycles. The molecule has 1 aromatic carbocycles. The molecule has 1 aromatic rings. The largest absolute Gasteiger partial charge is 0.494 e. The first-order valence-electron chi connectivity index (χ1n) is 8.40. The van der Waals surface area contributed by atoms with E-state index in [0.29, 0.717) is 24.1 Å². The van der Waals surface area contributed by atoms with Crippen LogP contribution in [-0.2, 0) is 9.53 Å². The summed E-state index contributed by atoms with van der Waals surface area (Å²) in [6, 6.07) is 7.20. The highest BCUT2D eigenvalue weighted by atomic mass is 79.9. The van der Waals surface area contributed by atoms with Crippen LogP contribution < -0.4 is 4.74 Å². The molecule has 0 N–H and O–H groups in total. The zero-order chi connectivity index (χ0) is 18.0. The van der Waals surface area contributed by atoms with Crippen molar-refractivity contribution in [3.8, 4) is 5.75 Å². The van der Waals surface area contributed by atoms with Gasteiger partial charge in [0.25, 0.3) is 0 Å². The molecule has 1 rings (SSSR count). The molecule has 0 heterocycles. The molecule has 0 bridgehead atoms. The van der Waals surface area contributed by atoms with Crippen LogP contribution in [0.25, 0.3) is 0 Å². The number of ketones is 1. The minimum Gasteiger partial charge on any atom is -0.494 e. The van der Waals surface area contributed by atoms with Gasteiger partial charge in [-0.1, -0.05) is 28.8 Å². The number of alkyl halides is 1. The molecule has 134 valence electrons. The average molecular weight is 399 g/mol. The molecule has 4 nitrogen and oxygen atoms in total. The first-order chi connectivity index (χ1) is 11.4. The number of benzene rings is 1. The van der Waals surface area contributed by atoms with Crippen LogP contribution in [-0.4, -0.2) is 30.3 Å². The standard InChI is InChI=1S/C19H27BrO4/c1-4-23-18(22)19(2,3)12-6-5-7-13-24-16-10-8-15(9-11-16)17(21)14-20/h8-11H,4-7,12-14H2,1-3H3. The van der Waals surface area contributed by atoms with Gasteiger partial charge in [0.2, 0.25) is 0 Å². The van der Waals surface area contributed by atoms with E-state index in [1.807, 2.05) is 32.9 Å². The fourth-order valence-electron chi connectivity index (χ4n) is 2.28. The minimum absolute atomic E-state index is 0.0609. The van der Waals surface area contributed by atoms with Crippen molar-refractivity contribution >= 4 is 27.7 Å². The maximum absolute atomic E-state index is 11.8. The number of carbonyl (C=O) groups excluding carboxylic acids is 2. The maximum Gasteiger partial charge on any atom is 0.311 e. The molecular weight excluding hydrogens is 372 g/mol. The van der Waals surface area contributed by atoms with Gasteiger partial charge in [0.05, 0.1) is 24.0 Å². The number of unbranched alkanes of at least 4 members (excludes halogenated alkanes) is 2. The Morgan fingerprint density at radius 1 is 1.08 bits per heavy atom. The molecule has 0 unspecified atom stereocenters. The lowest BCUT2D eigenvalue weighted by Crippen LogP contribution is -2.26. The van der Waals surface area contributed by atoms with Gasteiger partial charge in [0.15, 0.2) is 5.78 Å². The molecule has 0 spiro atoms. The monoisotopic (exact) mass is 398 g/mol. The smallest absolute Gasteiger partial charge is 0.311 e. The van der Waals surface area contributed by atoms with Crippen LogP contribution in [0.1, 0.15) is 56.8 Å². The van der Waals surface area contributed by atoms with E-state index in [0.717, 1.165) is 31.4 Å². The van der Waals surface area contributed by atoms with Crippen LogP contribution in [0, 0.1) is 5.41 Å². The molecule has 0 aromatic heterocycles. The molecule has 0 fully saturated rings. The zero-order valence-corrected chi connectivity index (χ0v) is 16.4. The van der Waals surface area contributed by atoms with Crippen molar-refractivity contribution in [3.05, 3.63) is 29.8 Å². The first kappa shape index (κ1) is 20.7. The molecule has 0 radical (unpaired) electrons. The van der Waals surface area contributed by atoms with Crippen molar-refractivity contribution in [2.45, 2.75) is 46.5 Å². The lowest BCUT2D eigenvalue weighted by Gasteiger charge is -2.21. The second-order valence-corrected chi connectivity index (χ2v) is 6.91. The summed E-state index contributed by atoms with van der Waals surface area (Å²) >= 11 is 3.16. The van der Waals surface area contributed by atoms with E-state index in [1.54, 1.807) is 12.1 Å². The van der Waals surface area contributed by atoms with Crippen molar-refractivity contribution in [2.75, 3.05) is 18.5 Å². The predicted molar refractivity (Wildman–Crippen MR) is 98.9 cm³/mol. The van der Waals surface area contributed by atoms with Gasteiger partial charge in [0.1, 0.15) is 5.75 Å². The highest BCUT2D eigenvalue weighted by molar-refractivity contribution is 9.09. The fourth-order valence-corrected chi connectivity index (χ4v) is 2.60. The number of carbonyl (C=O) groups is 2. The fraction of sp³-hybridized carbons (Fsp3) is 0.579. The topological polar surface area (TPSA) is 52.6 Å². The summed E-state index contributed by atoms with van der Waals surface area (Å²) in [5.74, 6) is 0.707. The van der Waals surface area contributed by atoms with Crippen molar-refractivity contribution < 1.29 is 19.1 Å². The van der Waals surface area contributed by atoms with Gasteiger partial charge in [-0.15, -0.1) is 0 Å². The van der Waals surface area contributed by atoms with Gasteiger partial charge in [-0.05, 0) is 57.9 Å². The van der Waals surface area contributed by atoms with Gasteiger partial charge >= 0.3 is 5.97 Å². The summed E-state index contributed by atoms with van der Waals surface area (Å²) in [4.78, 5) is 23.3.